The van der Waals surface area contributed by atoms with E-state index in [9.17, 15) is 9.59 Å². The second-order valence-corrected chi connectivity index (χ2v) is 5.11. The topological polar surface area (TPSA) is 69.6 Å². The number of carboxylic acids is 1. The summed E-state index contributed by atoms with van der Waals surface area (Å²) in [5, 5.41) is 11.8. The molecule has 0 radical (unpaired) electrons. The highest BCUT2D eigenvalue weighted by atomic mass is 127. The number of carbonyl (C=O) groups is 2. The molecule has 0 spiro atoms. The van der Waals surface area contributed by atoms with Gasteiger partial charge in [0.25, 0.3) is 0 Å². The SMILES string of the molecule is C#CCN(CC(=O)O)C(=O)Nc1ccc(Cl)cc1I. The minimum Gasteiger partial charge on any atom is -0.480 e. The van der Waals surface area contributed by atoms with Gasteiger partial charge in [-0.3, -0.25) is 4.79 Å². The summed E-state index contributed by atoms with van der Waals surface area (Å²) in [6, 6.07) is 4.37. The fraction of sp³-hybridized carbons (Fsp3) is 0.167. The standard InChI is InChI=1S/C12H10ClIN2O3/c1-2-5-16(7-11(17)18)12(19)15-10-4-3-8(13)6-9(10)14/h1,3-4,6H,5,7H2,(H,15,19)(H,17,18). The van der Waals surface area contributed by atoms with E-state index in [0.29, 0.717) is 10.7 Å². The number of amides is 2. The first kappa shape index (κ1) is 15.6. The molecule has 0 bridgehead atoms. The van der Waals surface area contributed by atoms with Crippen LogP contribution in [0.25, 0.3) is 0 Å². The van der Waals surface area contributed by atoms with Gasteiger partial charge in [0.1, 0.15) is 6.54 Å². The van der Waals surface area contributed by atoms with Crippen LogP contribution >= 0.6 is 34.2 Å². The van der Waals surface area contributed by atoms with Gasteiger partial charge in [-0.2, -0.15) is 0 Å². The van der Waals surface area contributed by atoms with Crippen LogP contribution in [0.3, 0.4) is 0 Å². The van der Waals surface area contributed by atoms with Crippen LogP contribution in [0.2, 0.25) is 5.02 Å². The van der Waals surface area contributed by atoms with Crippen molar-refractivity contribution in [3.05, 3.63) is 26.8 Å². The minimum atomic E-state index is -1.13. The van der Waals surface area contributed by atoms with Crippen LogP contribution < -0.4 is 5.32 Å². The molecule has 0 aliphatic heterocycles. The van der Waals surface area contributed by atoms with Crippen molar-refractivity contribution < 1.29 is 14.7 Å². The number of urea groups is 1. The summed E-state index contributed by atoms with van der Waals surface area (Å²) >= 11 is 7.82. The Hall–Kier alpha value is -1.46. The summed E-state index contributed by atoms with van der Waals surface area (Å²) in [6.45, 7) is -0.539. The van der Waals surface area contributed by atoms with E-state index in [1.807, 2.05) is 22.6 Å². The molecule has 1 rings (SSSR count). The first-order valence-electron chi connectivity index (χ1n) is 5.10. The van der Waals surface area contributed by atoms with Crippen molar-refractivity contribution >= 4 is 51.9 Å². The van der Waals surface area contributed by atoms with Crippen molar-refractivity contribution in [2.24, 2.45) is 0 Å². The number of rotatable bonds is 4. The third-order valence-electron chi connectivity index (χ3n) is 2.07. The van der Waals surface area contributed by atoms with E-state index in [1.165, 1.54) is 0 Å². The predicted octanol–water partition coefficient (Wildman–Crippen LogP) is 2.50. The Balaban J connectivity index is 2.81. The summed E-state index contributed by atoms with van der Waals surface area (Å²) in [5.74, 6) is 1.11. The lowest BCUT2D eigenvalue weighted by Gasteiger charge is -2.19. The van der Waals surface area contributed by atoms with Gasteiger partial charge in [-0.1, -0.05) is 17.5 Å². The molecule has 2 N–H and O–H groups in total. The number of carbonyl (C=O) groups excluding carboxylic acids is 1. The number of hydrogen-bond acceptors (Lipinski definition) is 2. The number of nitrogens with zero attached hydrogens (tertiary/aromatic N) is 1. The number of terminal acetylenes is 1. The lowest BCUT2D eigenvalue weighted by Crippen LogP contribution is -2.39. The number of carboxylic acid groups (broad SMARTS) is 1. The van der Waals surface area contributed by atoms with E-state index in [1.54, 1.807) is 18.2 Å². The summed E-state index contributed by atoms with van der Waals surface area (Å²) < 4.78 is 0.745. The third kappa shape index (κ3) is 4.96. The van der Waals surface area contributed by atoms with Crippen molar-refractivity contribution in [3.63, 3.8) is 0 Å². The van der Waals surface area contributed by atoms with E-state index in [0.717, 1.165) is 8.47 Å². The van der Waals surface area contributed by atoms with Crippen molar-refractivity contribution in [2.75, 3.05) is 18.4 Å². The molecule has 1 aromatic rings. The molecule has 0 saturated heterocycles. The fourth-order valence-corrected chi connectivity index (χ4v) is 2.26. The summed E-state index contributed by atoms with van der Waals surface area (Å²) in [4.78, 5) is 23.6. The van der Waals surface area contributed by atoms with Crippen LogP contribution in [0.1, 0.15) is 0 Å². The average Bonchev–Trinajstić information content (AvgIpc) is 2.31. The van der Waals surface area contributed by atoms with Crippen molar-refractivity contribution in [1.82, 2.24) is 4.90 Å². The van der Waals surface area contributed by atoms with Crippen molar-refractivity contribution in [2.45, 2.75) is 0 Å². The van der Waals surface area contributed by atoms with Gasteiger partial charge in [-0.05, 0) is 40.8 Å². The smallest absolute Gasteiger partial charge is 0.323 e. The van der Waals surface area contributed by atoms with Crippen LogP contribution in [-0.4, -0.2) is 35.1 Å². The van der Waals surface area contributed by atoms with Gasteiger partial charge in [0.15, 0.2) is 0 Å². The molecule has 0 aliphatic carbocycles. The molecule has 0 atom stereocenters. The van der Waals surface area contributed by atoms with Gasteiger partial charge >= 0.3 is 12.0 Å². The maximum atomic E-state index is 11.9. The number of anilines is 1. The molecule has 0 unspecified atom stereocenters. The highest BCUT2D eigenvalue weighted by Gasteiger charge is 2.16. The summed E-state index contributed by atoms with van der Waals surface area (Å²) in [6.07, 6.45) is 5.10. The monoisotopic (exact) mass is 392 g/mol. The largest absolute Gasteiger partial charge is 0.480 e. The second-order valence-electron chi connectivity index (χ2n) is 3.51. The van der Waals surface area contributed by atoms with Gasteiger partial charge in [-0.25, -0.2) is 4.79 Å². The lowest BCUT2D eigenvalue weighted by molar-refractivity contribution is -0.137. The highest BCUT2D eigenvalue weighted by Crippen LogP contribution is 2.22. The molecule has 100 valence electrons. The van der Waals surface area contributed by atoms with E-state index in [2.05, 4.69) is 11.2 Å². The zero-order chi connectivity index (χ0) is 14.4. The molecule has 19 heavy (non-hydrogen) atoms. The molecule has 7 heteroatoms. The van der Waals surface area contributed by atoms with Crippen LogP contribution in [0.5, 0.6) is 0 Å². The molecule has 2 amide bonds. The van der Waals surface area contributed by atoms with Crippen LogP contribution in [0, 0.1) is 15.9 Å². The van der Waals surface area contributed by atoms with E-state index in [4.69, 9.17) is 23.1 Å². The second kappa shape index (κ2) is 7.21. The van der Waals surface area contributed by atoms with Gasteiger partial charge in [-0.15, -0.1) is 6.42 Å². The first-order valence-corrected chi connectivity index (χ1v) is 6.56. The number of hydrogen-bond donors (Lipinski definition) is 2. The summed E-state index contributed by atoms with van der Waals surface area (Å²) in [5.41, 5.74) is 0.544. The lowest BCUT2D eigenvalue weighted by atomic mass is 10.3. The Labute approximate surface area is 129 Å². The maximum absolute atomic E-state index is 11.9. The molecule has 5 nitrogen and oxygen atoms in total. The molecular weight excluding hydrogens is 382 g/mol. The van der Waals surface area contributed by atoms with Crippen LogP contribution in [-0.2, 0) is 4.79 Å². The zero-order valence-corrected chi connectivity index (χ0v) is 12.6. The Bertz CT molecular complexity index is 542. The van der Waals surface area contributed by atoms with Gasteiger partial charge in [0.2, 0.25) is 0 Å². The van der Waals surface area contributed by atoms with E-state index < -0.39 is 18.5 Å². The molecule has 0 aliphatic rings. The quantitative estimate of drug-likeness (QED) is 0.611. The number of nitrogens with one attached hydrogen (secondary N) is 1. The van der Waals surface area contributed by atoms with E-state index in [-0.39, 0.29) is 6.54 Å². The average molecular weight is 393 g/mol. The maximum Gasteiger partial charge on any atom is 0.323 e. The Kier molecular flexibility index (Phi) is 5.92. The molecule has 0 aromatic heterocycles. The summed E-state index contributed by atoms with van der Waals surface area (Å²) in [7, 11) is 0. The zero-order valence-electron chi connectivity index (χ0n) is 9.69. The number of aliphatic carboxylic acids is 1. The highest BCUT2D eigenvalue weighted by molar-refractivity contribution is 14.1. The normalized spacial score (nSPS) is 9.53. The molecular formula is C12H10ClIN2O3. The van der Waals surface area contributed by atoms with Gasteiger partial charge in [0.05, 0.1) is 12.2 Å². The number of halogens is 2. The van der Waals surface area contributed by atoms with E-state index >= 15 is 0 Å². The molecule has 1 aromatic carbocycles. The molecule has 0 heterocycles. The minimum absolute atomic E-state index is 0.0810. The number of benzene rings is 1. The Morgan fingerprint density at radius 2 is 2.21 bits per heavy atom. The van der Waals surface area contributed by atoms with Crippen molar-refractivity contribution in [1.29, 1.82) is 0 Å². The molecule has 0 fully saturated rings. The van der Waals surface area contributed by atoms with Crippen LogP contribution in [0.15, 0.2) is 18.2 Å². The Morgan fingerprint density at radius 3 is 2.74 bits per heavy atom. The first-order chi connectivity index (χ1) is 8.93. The third-order valence-corrected chi connectivity index (χ3v) is 3.20. The Morgan fingerprint density at radius 1 is 1.53 bits per heavy atom. The van der Waals surface area contributed by atoms with Gasteiger partial charge in [0, 0.05) is 8.59 Å². The fourth-order valence-electron chi connectivity index (χ4n) is 1.26. The van der Waals surface area contributed by atoms with Gasteiger partial charge < -0.3 is 15.3 Å². The van der Waals surface area contributed by atoms with Crippen LogP contribution in [0.4, 0.5) is 10.5 Å². The predicted molar refractivity (Wildman–Crippen MR) is 81.2 cm³/mol. The van der Waals surface area contributed by atoms with Crippen molar-refractivity contribution in [3.8, 4) is 12.3 Å². The molecule has 0 saturated carbocycles.